The van der Waals surface area contributed by atoms with Crippen molar-refractivity contribution in [2.45, 2.75) is 0 Å². The van der Waals surface area contributed by atoms with Crippen molar-refractivity contribution in [1.29, 1.82) is 0 Å². The van der Waals surface area contributed by atoms with Gasteiger partial charge in [-0.2, -0.15) is 0 Å². The quantitative estimate of drug-likeness (QED) is 0.379. The number of thiol groups is 1. The SMILES string of the molecule is CN1C=C(S)NN1. The van der Waals surface area contributed by atoms with E-state index in [1.807, 2.05) is 13.2 Å². The Labute approximate surface area is 47.7 Å². The summed E-state index contributed by atoms with van der Waals surface area (Å²) in [6.07, 6.45) is 1.84. The average Bonchev–Trinajstić information content (AvgIpc) is 1.87. The van der Waals surface area contributed by atoms with Crippen LogP contribution in [0.4, 0.5) is 0 Å². The molecular formula is C3H7N3S. The molecule has 1 aliphatic rings. The molecule has 0 unspecified atom stereocenters. The predicted octanol–water partition coefficient (Wildman–Crippen LogP) is -0.330. The van der Waals surface area contributed by atoms with Gasteiger partial charge in [0.1, 0.15) is 0 Å². The summed E-state index contributed by atoms with van der Waals surface area (Å²) in [5.74, 6) is 0. The number of nitrogens with zero attached hydrogens (tertiary/aromatic N) is 1. The van der Waals surface area contributed by atoms with E-state index >= 15 is 0 Å². The molecule has 0 saturated heterocycles. The third-order valence-electron chi connectivity index (χ3n) is 0.676. The minimum atomic E-state index is 0.836. The lowest BCUT2D eigenvalue weighted by Gasteiger charge is -2.04. The maximum atomic E-state index is 4.00. The van der Waals surface area contributed by atoms with Crippen LogP contribution >= 0.6 is 12.6 Å². The second-order valence-electron chi connectivity index (χ2n) is 1.36. The van der Waals surface area contributed by atoms with E-state index in [1.54, 1.807) is 5.01 Å². The van der Waals surface area contributed by atoms with Crippen LogP contribution in [0.1, 0.15) is 0 Å². The van der Waals surface area contributed by atoms with E-state index in [1.165, 1.54) is 0 Å². The summed E-state index contributed by atoms with van der Waals surface area (Å²) in [7, 11) is 1.89. The molecule has 0 aromatic rings. The zero-order chi connectivity index (χ0) is 5.28. The van der Waals surface area contributed by atoms with E-state index in [-0.39, 0.29) is 0 Å². The van der Waals surface area contributed by atoms with E-state index in [4.69, 9.17) is 0 Å². The number of hydrogen-bond donors (Lipinski definition) is 3. The minimum absolute atomic E-state index is 0.836. The van der Waals surface area contributed by atoms with Gasteiger partial charge in [0.25, 0.3) is 0 Å². The smallest absolute Gasteiger partial charge is 0.0985 e. The van der Waals surface area contributed by atoms with E-state index < -0.39 is 0 Å². The Kier molecular flexibility index (Phi) is 1.12. The van der Waals surface area contributed by atoms with Gasteiger partial charge in [-0.15, -0.1) is 18.2 Å². The van der Waals surface area contributed by atoms with Crippen molar-refractivity contribution in [2.24, 2.45) is 0 Å². The van der Waals surface area contributed by atoms with E-state index in [2.05, 4.69) is 23.6 Å². The zero-order valence-corrected chi connectivity index (χ0v) is 4.87. The molecule has 40 valence electrons. The largest absolute Gasteiger partial charge is 0.299 e. The van der Waals surface area contributed by atoms with Crippen LogP contribution in [0.3, 0.4) is 0 Å². The van der Waals surface area contributed by atoms with Crippen LogP contribution in [0.5, 0.6) is 0 Å². The van der Waals surface area contributed by atoms with Crippen LogP contribution in [0.15, 0.2) is 11.2 Å². The number of rotatable bonds is 0. The highest BCUT2D eigenvalue weighted by Crippen LogP contribution is 1.98. The Morgan fingerprint density at radius 3 is 2.71 bits per heavy atom. The van der Waals surface area contributed by atoms with Gasteiger partial charge < -0.3 is 0 Å². The lowest BCUT2D eigenvalue weighted by Crippen LogP contribution is -2.32. The van der Waals surface area contributed by atoms with Crippen LogP contribution in [0.2, 0.25) is 0 Å². The van der Waals surface area contributed by atoms with E-state index in [9.17, 15) is 0 Å². The molecule has 0 aromatic carbocycles. The molecular weight excluding hydrogens is 110 g/mol. The first kappa shape index (κ1) is 4.80. The summed E-state index contributed by atoms with van der Waals surface area (Å²) in [4.78, 5) is 0. The molecule has 7 heavy (non-hydrogen) atoms. The molecule has 0 fully saturated rings. The Hall–Kier alpha value is -0.350. The highest BCUT2D eigenvalue weighted by atomic mass is 32.1. The Bertz CT molecular complexity index is 100. The number of nitrogens with one attached hydrogen (secondary N) is 2. The minimum Gasteiger partial charge on any atom is -0.299 e. The summed E-state index contributed by atoms with van der Waals surface area (Å²) in [5, 5.41) is 2.62. The third-order valence-corrected chi connectivity index (χ3v) is 0.904. The van der Waals surface area contributed by atoms with Crippen LogP contribution in [0.25, 0.3) is 0 Å². The van der Waals surface area contributed by atoms with E-state index in [0.717, 1.165) is 5.03 Å². The molecule has 0 amide bonds. The predicted molar refractivity (Wildman–Crippen MR) is 31.1 cm³/mol. The highest BCUT2D eigenvalue weighted by Gasteiger charge is 1.98. The summed E-state index contributed by atoms with van der Waals surface area (Å²) >= 11 is 4.00. The molecule has 3 nitrogen and oxygen atoms in total. The van der Waals surface area contributed by atoms with Crippen molar-refractivity contribution in [1.82, 2.24) is 16.0 Å². The lowest BCUT2D eigenvalue weighted by molar-refractivity contribution is 0.329. The summed E-state index contributed by atoms with van der Waals surface area (Å²) in [6, 6.07) is 0. The second-order valence-corrected chi connectivity index (χ2v) is 1.84. The molecule has 1 heterocycles. The molecule has 4 heteroatoms. The molecule has 0 spiro atoms. The molecule has 0 atom stereocenters. The third kappa shape index (κ3) is 1.01. The Morgan fingerprint density at radius 1 is 1.86 bits per heavy atom. The standard InChI is InChI=1S/C3H7N3S/c1-6-2-3(7)4-5-6/h2,4-5,7H,1H3. The Balaban J connectivity index is 2.50. The van der Waals surface area contributed by atoms with Crippen molar-refractivity contribution in [3.8, 4) is 0 Å². The maximum absolute atomic E-state index is 4.00. The number of hydrazine groups is 2. The fourth-order valence-corrected chi connectivity index (χ4v) is 0.617. The molecule has 1 aliphatic heterocycles. The van der Waals surface area contributed by atoms with Gasteiger partial charge in [0.05, 0.1) is 5.03 Å². The maximum Gasteiger partial charge on any atom is 0.0985 e. The normalized spacial score (nSPS) is 19.1. The van der Waals surface area contributed by atoms with Gasteiger partial charge in [0.15, 0.2) is 0 Å². The molecule has 0 aliphatic carbocycles. The summed E-state index contributed by atoms with van der Waals surface area (Å²) in [5.41, 5.74) is 5.55. The first-order valence-corrected chi connectivity index (χ1v) is 2.39. The van der Waals surface area contributed by atoms with Gasteiger partial charge in [-0.1, -0.05) is 0 Å². The summed E-state index contributed by atoms with van der Waals surface area (Å²) in [6.45, 7) is 0. The van der Waals surface area contributed by atoms with Gasteiger partial charge in [-0.25, -0.2) is 0 Å². The summed E-state index contributed by atoms with van der Waals surface area (Å²) < 4.78 is 0. The molecule has 2 N–H and O–H groups in total. The fraction of sp³-hybridized carbons (Fsp3) is 0.333. The van der Waals surface area contributed by atoms with Crippen LogP contribution in [-0.4, -0.2) is 12.1 Å². The molecule has 1 rings (SSSR count). The number of hydrogen-bond acceptors (Lipinski definition) is 4. The monoisotopic (exact) mass is 117 g/mol. The van der Waals surface area contributed by atoms with Crippen LogP contribution in [-0.2, 0) is 0 Å². The Morgan fingerprint density at radius 2 is 2.57 bits per heavy atom. The molecule has 0 saturated carbocycles. The van der Waals surface area contributed by atoms with Gasteiger partial charge in [-0.05, 0) is 0 Å². The van der Waals surface area contributed by atoms with Gasteiger partial charge in [-0.3, -0.25) is 10.4 Å². The highest BCUT2D eigenvalue weighted by molar-refractivity contribution is 7.84. The molecule has 0 aromatic heterocycles. The van der Waals surface area contributed by atoms with Gasteiger partial charge in [0, 0.05) is 13.2 Å². The first-order chi connectivity index (χ1) is 3.29. The van der Waals surface area contributed by atoms with Crippen molar-refractivity contribution < 1.29 is 0 Å². The zero-order valence-electron chi connectivity index (χ0n) is 3.97. The van der Waals surface area contributed by atoms with Crippen molar-refractivity contribution >= 4 is 12.6 Å². The van der Waals surface area contributed by atoms with Crippen LogP contribution in [0, 0.1) is 0 Å². The van der Waals surface area contributed by atoms with Gasteiger partial charge in [0.2, 0.25) is 0 Å². The van der Waals surface area contributed by atoms with Crippen molar-refractivity contribution in [2.75, 3.05) is 7.05 Å². The second kappa shape index (κ2) is 1.63. The van der Waals surface area contributed by atoms with Crippen molar-refractivity contribution in [3.05, 3.63) is 11.2 Å². The first-order valence-electron chi connectivity index (χ1n) is 1.94. The fourth-order valence-electron chi connectivity index (χ4n) is 0.393. The van der Waals surface area contributed by atoms with Crippen LogP contribution < -0.4 is 11.0 Å². The van der Waals surface area contributed by atoms with Crippen molar-refractivity contribution in [3.63, 3.8) is 0 Å². The lowest BCUT2D eigenvalue weighted by atomic mass is 10.9. The van der Waals surface area contributed by atoms with E-state index in [0.29, 0.717) is 0 Å². The van der Waals surface area contributed by atoms with Gasteiger partial charge >= 0.3 is 0 Å². The molecule has 0 radical (unpaired) electrons. The topological polar surface area (TPSA) is 27.3 Å². The molecule has 0 bridgehead atoms. The average molecular weight is 117 g/mol.